The summed E-state index contributed by atoms with van der Waals surface area (Å²) in [6, 6.07) is 3.97. The molecule has 1 aromatic rings. The van der Waals surface area contributed by atoms with Crippen molar-refractivity contribution in [3.8, 4) is 11.8 Å². The van der Waals surface area contributed by atoms with Crippen LogP contribution in [0.1, 0.15) is 43.1 Å². The summed E-state index contributed by atoms with van der Waals surface area (Å²) in [6.45, 7) is 5.99. The third kappa shape index (κ3) is 4.38. The lowest BCUT2D eigenvalue weighted by molar-refractivity contribution is 0.0910. The molecular weight excluding hydrogens is 243 g/mol. The van der Waals surface area contributed by atoms with Gasteiger partial charge < -0.3 is 11.1 Å². The van der Waals surface area contributed by atoms with E-state index in [9.17, 15) is 9.18 Å². The summed E-state index contributed by atoms with van der Waals surface area (Å²) in [5.41, 5.74) is 5.68. The zero-order valence-electron chi connectivity index (χ0n) is 11.5. The Hall–Kier alpha value is -1.86. The van der Waals surface area contributed by atoms with Gasteiger partial charge in [0.25, 0.3) is 5.91 Å². The average molecular weight is 262 g/mol. The number of nitrogens with two attached hydrogens (primary N) is 1. The average Bonchev–Trinajstić information content (AvgIpc) is 2.36. The van der Waals surface area contributed by atoms with Gasteiger partial charge in [-0.05, 0) is 38.5 Å². The quantitative estimate of drug-likeness (QED) is 0.819. The van der Waals surface area contributed by atoms with E-state index in [0.717, 1.165) is 6.42 Å². The van der Waals surface area contributed by atoms with Crippen LogP contribution in [0.4, 0.5) is 4.39 Å². The second-order valence-corrected chi connectivity index (χ2v) is 4.89. The molecule has 0 aliphatic rings. The van der Waals surface area contributed by atoms with E-state index in [-0.39, 0.29) is 23.6 Å². The smallest absolute Gasteiger partial charge is 0.253 e. The highest BCUT2D eigenvalue weighted by Crippen LogP contribution is 2.14. The molecule has 0 aliphatic heterocycles. The van der Waals surface area contributed by atoms with Gasteiger partial charge in [-0.3, -0.25) is 4.79 Å². The maximum absolute atomic E-state index is 13.3. The van der Waals surface area contributed by atoms with Gasteiger partial charge in [0.15, 0.2) is 0 Å². The highest BCUT2D eigenvalue weighted by atomic mass is 19.1. The van der Waals surface area contributed by atoms with E-state index in [4.69, 9.17) is 5.73 Å². The van der Waals surface area contributed by atoms with E-state index in [2.05, 4.69) is 17.2 Å². The number of amides is 1. The van der Waals surface area contributed by atoms with E-state index in [1.807, 2.05) is 20.8 Å². The van der Waals surface area contributed by atoms with Gasteiger partial charge in [0.1, 0.15) is 5.82 Å². The lowest BCUT2D eigenvalue weighted by Gasteiger charge is -2.24. The van der Waals surface area contributed by atoms with Crippen molar-refractivity contribution in [2.75, 3.05) is 6.54 Å². The molecule has 3 N–H and O–H groups in total. The standard InChI is InChI=1S/C15H19FN2O/c1-4-15(2,3)18-14(19)13-10-12(16)8-7-11(13)6-5-9-17/h7-8,10H,4,9,17H2,1-3H3,(H,18,19). The van der Waals surface area contributed by atoms with E-state index in [0.29, 0.717) is 5.56 Å². The molecule has 19 heavy (non-hydrogen) atoms. The van der Waals surface area contributed by atoms with Crippen LogP contribution in [0.5, 0.6) is 0 Å². The molecule has 102 valence electrons. The monoisotopic (exact) mass is 262 g/mol. The van der Waals surface area contributed by atoms with Crippen LogP contribution in [0.3, 0.4) is 0 Å². The summed E-state index contributed by atoms with van der Waals surface area (Å²) in [7, 11) is 0. The second-order valence-electron chi connectivity index (χ2n) is 4.89. The van der Waals surface area contributed by atoms with Crippen molar-refractivity contribution in [1.82, 2.24) is 5.32 Å². The molecule has 1 aromatic carbocycles. The summed E-state index contributed by atoms with van der Waals surface area (Å²) in [5, 5.41) is 2.86. The van der Waals surface area contributed by atoms with Crippen molar-refractivity contribution in [3.63, 3.8) is 0 Å². The Morgan fingerprint density at radius 2 is 2.16 bits per heavy atom. The SMILES string of the molecule is CCC(C)(C)NC(=O)c1cc(F)ccc1C#CCN. The molecular formula is C15H19FN2O. The molecule has 4 heteroatoms. The number of rotatable bonds is 3. The Morgan fingerprint density at radius 1 is 1.47 bits per heavy atom. The molecule has 0 aromatic heterocycles. The molecule has 0 spiro atoms. The topological polar surface area (TPSA) is 55.1 Å². The Labute approximate surface area is 113 Å². The molecule has 0 saturated heterocycles. The van der Waals surface area contributed by atoms with Crippen molar-refractivity contribution in [2.45, 2.75) is 32.7 Å². The maximum Gasteiger partial charge on any atom is 0.253 e. The van der Waals surface area contributed by atoms with Crippen LogP contribution >= 0.6 is 0 Å². The fourth-order valence-electron chi connectivity index (χ4n) is 1.42. The van der Waals surface area contributed by atoms with Crippen molar-refractivity contribution >= 4 is 5.91 Å². The Kier molecular flexibility index (Phi) is 5.08. The van der Waals surface area contributed by atoms with Gasteiger partial charge >= 0.3 is 0 Å². The minimum absolute atomic E-state index is 0.193. The predicted octanol–water partition coefficient (Wildman–Crippen LogP) is 2.05. The highest BCUT2D eigenvalue weighted by Gasteiger charge is 2.20. The van der Waals surface area contributed by atoms with Crippen molar-refractivity contribution in [1.29, 1.82) is 0 Å². The van der Waals surface area contributed by atoms with Crippen molar-refractivity contribution in [3.05, 3.63) is 35.1 Å². The Balaban J connectivity index is 3.10. The molecule has 3 nitrogen and oxygen atoms in total. The maximum atomic E-state index is 13.3. The zero-order valence-corrected chi connectivity index (χ0v) is 11.5. The normalized spacial score (nSPS) is 10.6. The lowest BCUT2D eigenvalue weighted by Crippen LogP contribution is -2.43. The van der Waals surface area contributed by atoms with Crippen molar-refractivity contribution < 1.29 is 9.18 Å². The van der Waals surface area contributed by atoms with Crippen molar-refractivity contribution in [2.24, 2.45) is 5.73 Å². The highest BCUT2D eigenvalue weighted by molar-refractivity contribution is 5.97. The van der Waals surface area contributed by atoms with Crippen LogP contribution in [0.2, 0.25) is 0 Å². The molecule has 0 radical (unpaired) electrons. The summed E-state index contributed by atoms with van der Waals surface area (Å²) in [6.07, 6.45) is 0.776. The molecule has 0 saturated carbocycles. The van der Waals surface area contributed by atoms with E-state index in [1.54, 1.807) is 0 Å². The Morgan fingerprint density at radius 3 is 2.74 bits per heavy atom. The molecule has 0 fully saturated rings. The third-order valence-electron chi connectivity index (χ3n) is 2.89. The molecule has 1 rings (SSSR count). The first-order valence-corrected chi connectivity index (χ1v) is 6.20. The van der Waals surface area contributed by atoms with E-state index >= 15 is 0 Å². The first kappa shape index (κ1) is 15.2. The van der Waals surface area contributed by atoms with Gasteiger partial charge in [-0.1, -0.05) is 18.8 Å². The van der Waals surface area contributed by atoms with Gasteiger partial charge in [-0.25, -0.2) is 4.39 Å². The van der Waals surface area contributed by atoms with Crippen LogP contribution in [0.15, 0.2) is 18.2 Å². The molecule has 1 amide bonds. The third-order valence-corrected chi connectivity index (χ3v) is 2.89. The predicted molar refractivity (Wildman–Crippen MR) is 74.2 cm³/mol. The molecule has 0 atom stereocenters. The fourth-order valence-corrected chi connectivity index (χ4v) is 1.42. The van der Waals surface area contributed by atoms with Crippen LogP contribution in [0.25, 0.3) is 0 Å². The van der Waals surface area contributed by atoms with Crippen LogP contribution in [-0.4, -0.2) is 18.0 Å². The molecule has 0 unspecified atom stereocenters. The number of nitrogens with one attached hydrogen (secondary N) is 1. The lowest BCUT2D eigenvalue weighted by atomic mass is 10.00. The summed E-state index contributed by atoms with van der Waals surface area (Å²) in [4.78, 5) is 12.2. The van der Waals surface area contributed by atoms with Gasteiger partial charge in [0.05, 0.1) is 12.1 Å². The number of carbonyl (C=O) groups excluding carboxylic acids is 1. The van der Waals surface area contributed by atoms with Crippen LogP contribution in [-0.2, 0) is 0 Å². The van der Waals surface area contributed by atoms with Gasteiger partial charge in [0.2, 0.25) is 0 Å². The summed E-state index contributed by atoms with van der Waals surface area (Å²) < 4.78 is 13.3. The van der Waals surface area contributed by atoms with Crippen LogP contribution in [0, 0.1) is 17.7 Å². The summed E-state index contributed by atoms with van der Waals surface area (Å²) in [5.74, 6) is 4.67. The molecule has 0 bridgehead atoms. The molecule has 0 heterocycles. The minimum Gasteiger partial charge on any atom is -0.347 e. The van der Waals surface area contributed by atoms with E-state index in [1.165, 1.54) is 18.2 Å². The number of halogens is 1. The number of carbonyl (C=O) groups is 1. The van der Waals surface area contributed by atoms with Crippen LogP contribution < -0.4 is 11.1 Å². The van der Waals surface area contributed by atoms with E-state index < -0.39 is 5.82 Å². The molecule has 0 aliphatic carbocycles. The number of hydrogen-bond acceptors (Lipinski definition) is 2. The first-order chi connectivity index (χ1) is 8.89. The van der Waals surface area contributed by atoms with Gasteiger partial charge in [-0.2, -0.15) is 0 Å². The zero-order chi connectivity index (χ0) is 14.5. The number of benzene rings is 1. The Bertz CT molecular complexity index is 527. The fraction of sp³-hybridized carbons (Fsp3) is 0.400. The van der Waals surface area contributed by atoms with Gasteiger partial charge in [0, 0.05) is 11.1 Å². The second kappa shape index (κ2) is 6.35. The minimum atomic E-state index is -0.460. The van der Waals surface area contributed by atoms with Gasteiger partial charge in [-0.15, -0.1) is 0 Å². The first-order valence-electron chi connectivity index (χ1n) is 6.20. The summed E-state index contributed by atoms with van der Waals surface area (Å²) >= 11 is 0. The number of hydrogen-bond donors (Lipinski definition) is 2. The largest absolute Gasteiger partial charge is 0.347 e.